The van der Waals surface area contributed by atoms with Crippen molar-refractivity contribution in [1.82, 2.24) is 4.57 Å². The molecule has 0 atom stereocenters. The van der Waals surface area contributed by atoms with Crippen molar-refractivity contribution in [3.63, 3.8) is 0 Å². The minimum absolute atomic E-state index is 1.09. The maximum Gasteiger partial charge on any atom is 0.0538 e. The zero-order valence-electron chi connectivity index (χ0n) is 13.2. The van der Waals surface area contributed by atoms with Gasteiger partial charge in [0, 0.05) is 25.9 Å². The molecule has 1 aromatic heterocycles. The Kier molecular flexibility index (Phi) is 3.27. The zero-order chi connectivity index (χ0) is 16.1. The highest BCUT2D eigenvalue weighted by Crippen LogP contribution is 2.42. The van der Waals surface area contributed by atoms with E-state index in [4.69, 9.17) is 0 Å². The minimum atomic E-state index is 1.09. The second-order valence-electron chi connectivity index (χ2n) is 6.31. The van der Waals surface area contributed by atoms with E-state index in [1.807, 2.05) is 0 Å². The Labute approximate surface area is 155 Å². The first-order chi connectivity index (χ1) is 11.8. The normalized spacial score (nSPS) is 12.9. The lowest BCUT2D eigenvalue weighted by atomic mass is 9.88. The molecule has 0 amide bonds. The number of halogens is 1. The average molecular weight is 421 g/mol. The molecular formula is C22H16IN. The second kappa shape index (κ2) is 5.49. The molecule has 1 heterocycles. The molecule has 0 fully saturated rings. The summed E-state index contributed by atoms with van der Waals surface area (Å²) in [5, 5.41) is 1.37. The standard InChI is InChI=1S/C22H16IN/c23-16-11-13-20-19(14-16)22-18-9-5-4-6-15(18)10-12-21(22)24(20)17-7-2-1-3-8-17/h1-9,11,13-14H,10,12H2. The fraction of sp³-hybridized carbons (Fsp3) is 0.0909. The SMILES string of the molecule is Ic1ccc2c(c1)c1c(n2-c2ccccc2)CCc2ccccc2-1. The molecule has 1 nitrogen and oxygen atoms in total. The molecule has 24 heavy (non-hydrogen) atoms. The largest absolute Gasteiger partial charge is 0.313 e. The maximum atomic E-state index is 2.46. The number of hydrogen-bond donors (Lipinski definition) is 0. The van der Waals surface area contributed by atoms with Gasteiger partial charge in [0.2, 0.25) is 0 Å². The molecular weight excluding hydrogens is 405 g/mol. The fourth-order valence-electron chi connectivity index (χ4n) is 3.96. The Balaban J connectivity index is 1.94. The lowest BCUT2D eigenvalue weighted by Crippen LogP contribution is -2.07. The van der Waals surface area contributed by atoms with Crippen LogP contribution in [0.15, 0.2) is 72.8 Å². The Morgan fingerprint density at radius 2 is 1.58 bits per heavy atom. The van der Waals surface area contributed by atoms with Gasteiger partial charge in [-0.25, -0.2) is 0 Å². The van der Waals surface area contributed by atoms with Crippen LogP contribution in [-0.2, 0) is 12.8 Å². The van der Waals surface area contributed by atoms with Crippen LogP contribution in [0.2, 0.25) is 0 Å². The summed E-state index contributed by atoms with van der Waals surface area (Å²) in [6.07, 6.45) is 2.20. The van der Waals surface area contributed by atoms with Crippen LogP contribution in [0.4, 0.5) is 0 Å². The summed E-state index contributed by atoms with van der Waals surface area (Å²) in [6, 6.07) is 26.4. The molecule has 1 aliphatic carbocycles. The van der Waals surface area contributed by atoms with Gasteiger partial charge < -0.3 is 4.57 Å². The van der Waals surface area contributed by atoms with E-state index in [1.165, 1.54) is 42.5 Å². The lowest BCUT2D eigenvalue weighted by Gasteiger charge is -2.19. The van der Waals surface area contributed by atoms with E-state index in [9.17, 15) is 0 Å². The van der Waals surface area contributed by atoms with Crippen LogP contribution in [0.1, 0.15) is 11.3 Å². The van der Waals surface area contributed by atoms with Gasteiger partial charge in [0.1, 0.15) is 0 Å². The van der Waals surface area contributed by atoms with Gasteiger partial charge in [0.05, 0.1) is 5.52 Å². The van der Waals surface area contributed by atoms with E-state index in [-0.39, 0.29) is 0 Å². The van der Waals surface area contributed by atoms with Crippen LogP contribution in [0, 0.1) is 3.57 Å². The number of aryl methyl sites for hydroxylation is 1. The predicted octanol–water partition coefficient (Wildman–Crippen LogP) is 6.00. The predicted molar refractivity (Wildman–Crippen MR) is 109 cm³/mol. The van der Waals surface area contributed by atoms with Crippen LogP contribution in [-0.4, -0.2) is 4.57 Å². The molecule has 0 bridgehead atoms. The van der Waals surface area contributed by atoms with Crippen molar-refractivity contribution >= 4 is 33.5 Å². The highest BCUT2D eigenvalue weighted by Gasteiger charge is 2.24. The van der Waals surface area contributed by atoms with Crippen molar-refractivity contribution in [2.24, 2.45) is 0 Å². The number of rotatable bonds is 1. The molecule has 0 unspecified atom stereocenters. The van der Waals surface area contributed by atoms with Crippen LogP contribution in [0.25, 0.3) is 27.7 Å². The third-order valence-electron chi connectivity index (χ3n) is 4.96. The first kappa shape index (κ1) is 14.3. The minimum Gasteiger partial charge on any atom is -0.313 e. The quantitative estimate of drug-likeness (QED) is 0.332. The van der Waals surface area contributed by atoms with E-state index in [1.54, 1.807) is 0 Å². The van der Waals surface area contributed by atoms with E-state index >= 15 is 0 Å². The number of para-hydroxylation sites is 1. The fourth-order valence-corrected chi connectivity index (χ4v) is 4.45. The second-order valence-corrected chi connectivity index (χ2v) is 7.56. The van der Waals surface area contributed by atoms with Crippen molar-refractivity contribution in [3.05, 3.63) is 87.6 Å². The van der Waals surface area contributed by atoms with Crippen LogP contribution >= 0.6 is 22.6 Å². The van der Waals surface area contributed by atoms with Gasteiger partial charge in [-0.15, -0.1) is 0 Å². The average Bonchev–Trinajstić information content (AvgIpc) is 2.96. The van der Waals surface area contributed by atoms with Gasteiger partial charge in [0.15, 0.2) is 0 Å². The molecule has 0 aliphatic heterocycles. The summed E-state index contributed by atoms with van der Waals surface area (Å²) in [6.45, 7) is 0. The molecule has 3 aromatic carbocycles. The van der Waals surface area contributed by atoms with Crippen molar-refractivity contribution in [3.8, 4) is 16.8 Å². The van der Waals surface area contributed by atoms with Crippen molar-refractivity contribution in [2.75, 3.05) is 0 Å². The van der Waals surface area contributed by atoms with E-state index in [0.29, 0.717) is 0 Å². The third-order valence-corrected chi connectivity index (χ3v) is 5.63. The zero-order valence-corrected chi connectivity index (χ0v) is 15.3. The topological polar surface area (TPSA) is 4.93 Å². The van der Waals surface area contributed by atoms with Crippen LogP contribution < -0.4 is 0 Å². The summed E-state index contributed by atoms with van der Waals surface area (Å²) in [7, 11) is 0. The Morgan fingerprint density at radius 3 is 2.46 bits per heavy atom. The Morgan fingerprint density at radius 1 is 0.792 bits per heavy atom. The van der Waals surface area contributed by atoms with E-state index in [2.05, 4.69) is 100.0 Å². The molecule has 5 rings (SSSR count). The Hall–Kier alpha value is -2.07. The summed E-state index contributed by atoms with van der Waals surface area (Å²) >= 11 is 2.42. The molecule has 0 spiro atoms. The van der Waals surface area contributed by atoms with E-state index < -0.39 is 0 Å². The summed E-state index contributed by atoms with van der Waals surface area (Å²) in [4.78, 5) is 0. The van der Waals surface area contributed by atoms with Gasteiger partial charge >= 0.3 is 0 Å². The third kappa shape index (κ3) is 2.06. The maximum absolute atomic E-state index is 2.46. The summed E-state index contributed by atoms with van der Waals surface area (Å²) in [5.41, 5.74) is 8.30. The highest BCUT2D eigenvalue weighted by molar-refractivity contribution is 14.1. The molecule has 2 heteroatoms. The van der Waals surface area contributed by atoms with Gasteiger partial charge in [-0.3, -0.25) is 0 Å². The number of hydrogen-bond acceptors (Lipinski definition) is 0. The molecule has 0 N–H and O–H groups in total. The molecule has 1 aliphatic rings. The number of nitrogens with zero attached hydrogens (tertiary/aromatic N) is 1. The first-order valence-corrected chi connectivity index (χ1v) is 9.37. The van der Waals surface area contributed by atoms with Crippen molar-refractivity contribution in [1.29, 1.82) is 0 Å². The van der Waals surface area contributed by atoms with Gasteiger partial charge in [-0.2, -0.15) is 0 Å². The summed E-state index contributed by atoms with van der Waals surface area (Å²) < 4.78 is 3.74. The van der Waals surface area contributed by atoms with Crippen molar-refractivity contribution in [2.45, 2.75) is 12.8 Å². The number of fused-ring (bicyclic) bond motifs is 5. The van der Waals surface area contributed by atoms with Crippen LogP contribution in [0.3, 0.4) is 0 Å². The highest BCUT2D eigenvalue weighted by atomic mass is 127. The number of aromatic nitrogens is 1. The van der Waals surface area contributed by atoms with Gasteiger partial charge in [-0.05, 0) is 76.9 Å². The first-order valence-electron chi connectivity index (χ1n) is 8.29. The summed E-state index contributed by atoms with van der Waals surface area (Å²) in [5.74, 6) is 0. The van der Waals surface area contributed by atoms with Gasteiger partial charge in [-0.1, -0.05) is 42.5 Å². The van der Waals surface area contributed by atoms with E-state index in [0.717, 1.165) is 12.8 Å². The van der Waals surface area contributed by atoms with Gasteiger partial charge in [0.25, 0.3) is 0 Å². The lowest BCUT2D eigenvalue weighted by molar-refractivity contribution is 0.865. The molecule has 0 saturated heterocycles. The molecule has 116 valence electrons. The molecule has 0 radical (unpaired) electrons. The molecule has 0 saturated carbocycles. The Bertz CT molecular complexity index is 1060. The smallest absolute Gasteiger partial charge is 0.0538 e. The van der Waals surface area contributed by atoms with Crippen LogP contribution in [0.5, 0.6) is 0 Å². The van der Waals surface area contributed by atoms with Crippen molar-refractivity contribution < 1.29 is 0 Å². The monoisotopic (exact) mass is 421 g/mol. The number of benzene rings is 3. The molecule has 4 aromatic rings.